The van der Waals surface area contributed by atoms with Crippen molar-refractivity contribution in [2.24, 2.45) is 0 Å². The largest absolute Gasteiger partial charge is 0.390 e. The van der Waals surface area contributed by atoms with E-state index < -0.39 is 5.91 Å². The molecule has 0 unspecified atom stereocenters. The number of nitrogens with zero attached hydrogens (tertiary/aromatic N) is 2. The molecule has 1 saturated heterocycles. The molecule has 126 valence electrons. The minimum Gasteiger partial charge on any atom is -0.390 e. The Bertz CT molecular complexity index is 634. The number of hydrogen-bond acceptors (Lipinski definition) is 4. The van der Waals surface area contributed by atoms with Crippen molar-refractivity contribution in [2.75, 3.05) is 19.6 Å². The summed E-state index contributed by atoms with van der Waals surface area (Å²) in [7, 11) is 0. The highest BCUT2D eigenvalue weighted by atomic mass is 16.2. The minimum absolute atomic E-state index is 0.0446. The Morgan fingerprint density at radius 1 is 1.33 bits per heavy atom. The molecule has 0 atom stereocenters. The van der Waals surface area contributed by atoms with Crippen molar-refractivity contribution in [1.82, 2.24) is 15.5 Å². The van der Waals surface area contributed by atoms with E-state index in [9.17, 15) is 9.59 Å². The fourth-order valence-corrected chi connectivity index (χ4v) is 2.51. The molecule has 0 bridgehead atoms. The first-order valence-electron chi connectivity index (χ1n) is 8.14. The Hall–Kier alpha value is -2.81. The van der Waals surface area contributed by atoms with Gasteiger partial charge in [-0.25, -0.2) is 0 Å². The summed E-state index contributed by atoms with van der Waals surface area (Å²) in [6.45, 7) is 2.54. The highest BCUT2D eigenvalue weighted by Crippen LogP contribution is 2.09. The van der Waals surface area contributed by atoms with Crippen LogP contribution in [0.1, 0.15) is 24.8 Å². The highest BCUT2D eigenvalue weighted by Gasteiger charge is 2.18. The predicted octanol–water partition coefficient (Wildman–Crippen LogP) is 1.31. The molecule has 1 aromatic carbocycles. The predicted molar refractivity (Wildman–Crippen MR) is 90.4 cm³/mol. The van der Waals surface area contributed by atoms with Gasteiger partial charge in [0.1, 0.15) is 11.6 Å². The Balaban J connectivity index is 1.69. The zero-order chi connectivity index (χ0) is 17.2. The van der Waals surface area contributed by atoms with Gasteiger partial charge in [0.2, 0.25) is 5.91 Å². The molecule has 6 nitrogen and oxygen atoms in total. The van der Waals surface area contributed by atoms with E-state index in [4.69, 9.17) is 5.26 Å². The lowest BCUT2D eigenvalue weighted by Gasteiger charge is -2.14. The molecule has 2 rings (SSSR count). The molecule has 0 saturated carbocycles. The van der Waals surface area contributed by atoms with Crippen LogP contribution in [-0.2, 0) is 16.1 Å². The molecule has 0 aliphatic carbocycles. The molecule has 1 aliphatic rings. The van der Waals surface area contributed by atoms with E-state index in [0.29, 0.717) is 26.1 Å². The van der Waals surface area contributed by atoms with Crippen LogP contribution in [0.2, 0.25) is 0 Å². The molecule has 2 amide bonds. The van der Waals surface area contributed by atoms with Gasteiger partial charge in [0.25, 0.3) is 5.91 Å². The molecule has 0 spiro atoms. The second kappa shape index (κ2) is 9.36. The first kappa shape index (κ1) is 17.5. The Kier molecular flexibility index (Phi) is 6.84. The highest BCUT2D eigenvalue weighted by molar-refractivity contribution is 5.97. The Labute approximate surface area is 142 Å². The topological polar surface area (TPSA) is 85.2 Å². The quantitative estimate of drug-likeness (QED) is 0.428. The fraction of sp³-hybridized carbons (Fsp3) is 0.389. The molecule has 0 aromatic heterocycles. The zero-order valence-corrected chi connectivity index (χ0v) is 13.6. The van der Waals surface area contributed by atoms with Crippen LogP contribution in [0.15, 0.2) is 42.1 Å². The average molecular weight is 326 g/mol. The van der Waals surface area contributed by atoms with Gasteiger partial charge in [-0.2, -0.15) is 5.26 Å². The Morgan fingerprint density at radius 2 is 2.12 bits per heavy atom. The molecule has 6 heteroatoms. The molecule has 0 radical (unpaired) electrons. The van der Waals surface area contributed by atoms with Crippen molar-refractivity contribution in [3.05, 3.63) is 47.7 Å². The van der Waals surface area contributed by atoms with Crippen LogP contribution in [0, 0.1) is 11.3 Å². The number of nitrogens with one attached hydrogen (secondary N) is 2. The average Bonchev–Trinajstić information content (AvgIpc) is 3.02. The third kappa shape index (κ3) is 5.43. The smallest absolute Gasteiger partial charge is 0.263 e. The van der Waals surface area contributed by atoms with Crippen LogP contribution in [0.4, 0.5) is 0 Å². The van der Waals surface area contributed by atoms with Crippen LogP contribution in [0.25, 0.3) is 0 Å². The summed E-state index contributed by atoms with van der Waals surface area (Å²) in [6.07, 6.45) is 3.80. The molecule has 2 N–H and O–H groups in total. The summed E-state index contributed by atoms with van der Waals surface area (Å²) in [4.78, 5) is 25.3. The summed E-state index contributed by atoms with van der Waals surface area (Å²) in [5.74, 6) is -0.188. The van der Waals surface area contributed by atoms with Gasteiger partial charge in [0, 0.05) is 38.8 Å². The molecular weight excluding hydrogens is 304 g/mol. The van der Waals surface area contributed by atoms with Gasteiger partial charge >= 0.3 is 0 Å². The van der Waals surface area contributed by atoms with Gasteiger partial charge < -0.3 is 15.5 Å². The van der Waals surface area contributed by atoms with E-state index >= 15 is 0 Å². The summed E-state index contributed by atoms with van der Waals surface area (Å²) in [6, 6.07) is 11.4. The van der Waals surface area contributed by atoms with Crippen molar-refractivity contribution < 1.29 is 9.59 Å². The second-order valence-corrected chi connectivity index (χ2v) is 5.63. The van der Waals surface area contributed by atoms with Crippen LogP contribution >= 0.6 is 0 Å². The normalized spacial score (nSPS) is 14.4. The monoisotopic (exact) mass is 326 g/mol. The number of carbonyl (C=O) groups is 2. The number of likely N-dealkylation sites (tertiary alicyclic amines) is 1. The van der Waals surface area contributed by atoms with Crippen LogP contribution in [0.5, 0.6) is 0 Å². The van der Waals surface area contributed by atoms with Crippen molar-refractivity contribution in [3.8, 4) is 6.07 Å². The van der Waals surface area contributed by atoms with E-state index in [2.05, 4.69) is 10.6 Å². The lowest BCUT2D eigenvalue weighted by atomic mass is 10.2. The zero-order valence-electron chi connectivity index (χ0n) is 13.6. The number of rotatable bonds is 8. The minimum atomic E-state index is -0.399. The van der Waals surface area contributed by atoms with E-state index in [0.717, 1.165) is 24.9 Å². The third-order valence-corrected chi connectivity index (χ3v) is 3.83. The van der Waals surface area contributed by atoms with Crippen molar-refractivity contribution in [2.45, 2.75) is 25.8 Å². The first-order chi connectivity index (χ1) is 11.7. The molecule has 1 aliphatic heterocycles. The number of benzene rings is 1. The Morgan fingerprint density at radius 3 is 2.79 bits per heavy atom. The summed E-state index contributed by atoms with van der Waals surface area (Å²) < 4.78 is 0. The third-order valence-electron chi connectivity index (χ3n) is 3.83. The van der Waals surface area contributed by atoms with Crippen molar-refractivity contribution in [1.29, 1.82) is 5.26 Å². The standard InChI is InChI=1S/C18H22N4O2/c19-12-16(18(24)21-13-15-6-2-1-3-7-15)14-20-9-5-11-22-10-4-8-17(22)23/h1-3,6-7,14,20H,4-5,8-11,13H2,(H,21,24)/b16-14-. The van der Waals surface area contributed by atoms with Crippen molar-refractivity contribution in [3.63, 3.8) is 0 Å². The maximum atomic E-state index is 12.0. The summed E-state index contributed by atoms with van der Waals surface area (Å²) >= 11 is 0. The van der Waals surface area contributed by atoms with E-state index in [1.54, 1.807) is 0 Å². The number of carbonyl (C=O) groups excluding carboxylic acids is 2. The lowest BCUT2D eigenvalue weighted by molar-refractivity contribution is -0.127. The van der Waals surface area contributed by atoms with Gasteiger partial charge in [-0.15, -0.1) is 0 Å². The molecule has 1 aromatic rings. The summed E-state index contributed by atoms with van der Waals surface area (Å²) in [5, 5.41) is 14.8. The van der Waals surface area contributed by atoms with E-state index in [1.165, 1.54) is 6.20 Å². The summed E-state index contributed by atoms with van der Waals surface area (Å²) in [5.41, 5.74) is 1.02. The number of amides is 2. The SMILES string of the molecule is N#C/C(=C/NCCCN1CCCC1=O)C(=O)NCc1ccccc1. The molecule has 24 heavy (non-hydrogen) atoms. The van der Waals surface area contributed by atoms with Gasteiger partial charge in [-0.05, 0) is 18.4 Å². The maximum Gasteiger partial charge on any atom is 0.263 e. The van der Waals surface area contributed by atoms with E-state index in [-0.39, 0.29) is 11.5 Å². The van der Waals surface area contributed by atoms with Crippen LogP contribution < -0.4 is 10.6 Å². The maximum absolute atomic E-state index is 12.0. The molecular formula is C18H22N4O2. The van der Waals surface area contributed by atoms with Gasteiger partial charge in [0.15, 0.2) is 0 Å². The number of hydrogen-bond donors (Lipinski definition) is 2. The molecule has 1 heterocycles. The van der Waals surface area contributed by atoms with Gasteiger partial charge in [0.05, 0.1) is 0 Å². The first-order valence-corrected chi connectivity index (χ1v) is 8.14. The lowest BCUT2D eigenvalue weighted by Crippen LogP contribution is -2.28. The van der Waals surface area contributed by atoms with Crippen LogP contribution in [0.3, 0.4) is 0 Å². The van der Waals surface area contributed by atoms with Crippen molar-refractivity contribution >= 4 is 11.8 Å². The second-order valence-electron chi connectivity index (χ2n) is 5.63. The van der Waals surface area contributed by atoms with Gasteiger partial charge in [-0.1, -0.05) is 30.3 Å². The number of nitriles is 1. The fourth-order valence-electron chi connectivity index (χ4n) is 2.51. The van der Waals surface area contributed by atoms with E-state index in [1.807, 2.05) is 41.3 Å². The van der Waals surface area contributed by atoms with Crippen LogP contribution in [-0.4, -0.2) is 36.3 Å². The molecule has 1 fully saturated rings. The van der Waals surface area contributed by atoms with Gasteiger partial charge in [-0.3, -0.25) is 9.59 Å².